The molecule has 0 radical (unpaired) electrons. The molecule has 0 spiro atoms. The van der Waals surface area contributed by atoms with E-state index in [1.807, 2.05) is 12.1 Å². The number of hydrogen-bond donors (Lipinski definition) is 2. The molecule has 0 fully saturated rings. The van der Waals surface area contributed by atoms with Crippen LogP contribution < -0.4 is 11.1 Å². The second kappa shape index (κ2) is 5.43. The lowest BCUT2D eigenvalue weighted by atomic mass is 9.77. The van der Waals surface area contributed by atoms with E-state index in [0.717, 1.165) is 24.2 Å². The van der Waals surface area contributed by atoms with Crippen LogP contribution in [0.1, 0.15) is 22.6 Å². The fraction of sp³-hybridized carbons (Fsp3) is 0.188. The van der Waals surface area contributed by atoms with E-state index in [9.17, 15) is 0 Å². The van der Waals surface area contributed by atoms with Crippen molar-refractivity contribution < 1.29 is 0 Å². The molecule has 0 heterocycles. The van der Waals surface area contributed by atoms with Crippen molar-refractivity contribution in [3.63, 3.8) is 0 Å². The summed E-state index contributed by atoms with van der Waals surface area (Å²) in [5, 5.41) is 4.11. The summed E-state index contributed by atoms with van der Waals surface area (Å²) in [6, 6.07) is 14.1. The summed E-state index contributed by atoms with van der Waals surface area (Å²) in [7, 11) is 0. The topological polar surface area (TPSA) is 38.0 Å². The van der Waals surface area contributed by atoms with Gasteiger partial charge < -0.3 is 11.1 Å². The summed E-state index contributed by atoms with van der Waals surface area (Å²) < 4.78 is 0. The molecular formula is C16H15ClN2S. The summed E-state index contributed by atoms with van der Waals surface area (Å²) in [6.45, 7) is 0.868. The van der Waals surface area contributed by atoms with E-state index < -0.39 is 0 Å². The van der Waals surface area contributed by atoms with Crippen LogP contribution >= 0.6 is 23.8 Å². The smallest absolute Gasteiger partial charge is 0.106 e. The number of hydrogen-bond acceptors (Lipinski definition) is 2. The Labute approximate surface area is 128 Å². The Morgan fingerprint density at radius 2 is 2.10 bits per heavy atom. The number of nitrogens with one attached hydrogen (secondary N) is 1. The minimum absolute atomic E-state index is 0.387. The average Bonchev–Trinajstić information content (AvgIpc) is 2.39. The molecule has 1 aliphatic rings. The first-order valence-corrected chi connectivity index (χ1v) is 7.35. The maximum atomic E-state index is 6.04. The number of halogens is 1. The number of benzene rings is 2. The summed E-state index contributed by atoms with van der Waals surface area (Å²) in [5.41, 5.74) is 10.4. The zero-order valence-electron chi connectivity index (χ0n) is 10.9. The van der Waals surface area contributed by atoms with Gasteiger partial charge in [-0.1, -0.05) is 48.1 Å². The van der Waals surface area contributed by atoms with Gasteiger partial charge in [-0.3, -0.25) is 0 Å². The molecule has 2 nitrogen and oxygen atoms in total. The number of anilines is 1. The second-order valence-electron chi connectivity index (χ2n) is 5.03. The van der Waals surface area contributed by atoms with E-state index in [1.165, 1.54) is 11.1 Å². The molecule has 102 valence electrons. The van der Waals surface area contributed by atoms with Gasteiger partial charge in [-0.15, -0.1) is 0 Å². The minimum atomic E-state index is 0.387. The first-order chi connectivity index (χ1) is 9.65. The van der Waals surface area contributed by atoms with Crippen molar-refractivity contribution in [3.05, 3.63) is 64.2 Å². The zero-order valence-corrected chi connectivity index (χ0v) is 12.5. The fourth-order valence-electron chi connectivity index (χ4n) is 2.66. The molecule has 3 rings (SSSR count). The Kier molecular flexibility index (Phi) is 3.64. The van der Waals surface area contributed by atoms with Gasteiger partial charge in [0.05, 0.1) is 0 Å². The molecule has 0 amide bonds. The van der Waals surface area contributed by atoms with Gasteiger partial charge in [-0.05, 0) is 35.7 Å². The molecule has 3 N–H and O–H groups in total. The number of nitrogens with two attached hydrogens (primary N) is 1. The van der Waals surface area contributed by atoms with Gasteiger partial charge in [0.25, 0.3) is 0 Å². The summed E-state index contributed by atoms with van der Waals surface area (Å²) in [5.74, 6) is 0.546. The highest BCUT2D eigenvalue weighted by Crippen LogP contribution is 2.35. The van der Waals surface area contributed by atoms with Crippen LogP contribution in [0.5, 0.6) is 0 Å². The Morgan fingerprint density at radius 3 is 2.85 bits per heavy atom. The highest BCUT2D eigenvalue weighted by Gasteiger charge is 2.25. The Hall–Kier alpha value is -1.58. The quantitative estimate of drug-likeness (QED) is 0.845. The molecule has 2 aromatic carbocycles. The molecule has 0 saturated carbocycles. The predicted octanol–water partition coefficient (Wildman–Crippen LogP) is 3.73. The molecule has 20 heavy (non-hydrogen) atoms. The van der Waals surface area contributed by atoms with Crippen LogP contribution in [0.2, 0.25) is 5.02 Å². The molecule has 4 heteroatoms. The van der Waals surface area contributed by atoms with Gasteiger partial charge in [0.2, 0.25) is 0 Å². The van der Waals surface area contributed by atoms with Gasteiger partial charge in [0.1, 0.15) is 4.99 Å². The second-order valence-corrected chi connectivity index (χ2v) is 5.91. The van der Waals surface area contributed by atoms with Crippen LogP contribution in [0, 0.1) is 0 Å². The molecular weight excluding hydrogens is 288 g/mol. The summed E-state index contributed by atoms with van der Waals surface area (Å²) in [6.07, 6.45) is 1.12. The minimum Gasteiger partial charge on any atom is -0.389 e. The van der Waals surface area contributed by atoms with Crippen LogP contribution in [0.15, 0.2) is 42.5 Å². The summed E-state index contributed by atoms with van der Waals surface area (Å²) >= 11 is 11.1. The van der Waals surface area contributed by atoms with Crippen molar-refractivity contribution in [2.75, 3.05) is 11.9 Å². The lowest BCUT2D eigenvalue weighted by molar-refractivity contribution is 0.636. The lowest BCUT2D eigenvalue weighted by Gasteiger charge is -2.30. The van der Waals surface area contributed by atoms with Gasteiger partial charge in [0.15, 0.2) is 0 Å². The van der Waals surface area contributed by atoms with E-state index in [2.05, 4.69) is 29.6 Å². The van der Waals surface area contributed by atoms with E-state index in [4.69, 9.17) is 29.6 Å². The highest BCUT2D eigenvalue weighted by atomic mass is 35.5. The normalized spacial score (nSPS) is 16.1. The fourth-order valence-corrected chi connectivity index (χ4v) is 3.01. The van der Waals surface area contributed by atoms with Gasteiger partial charge >= 0.3 is 0 Å². The Balaban J connectivity index is 1.74. The van der Waals surface area contributed by atoms with Gasteiger partial charge in [-0.2, -0.15) is 0 Å². The maximum absolute atomic E-state index is 6.04. The van der Waals surface area contributed by atoms with Gasteiger partial charge in [0, 0.05) is 28.7 Å². The predicted molar refractivity (Wildman–Crippen MR) is 88.7 cm³/mol. The third-order valence-electron chi connectivity index (χ3n) is 3.75. The SMILES string of the molecule is NC(=S)c1ccc(Cl)cc1NCC1Cc2ccccc21. The zero-order chi connectivity index (χ0) is 14.1. The van der Waals surface area contributed by atoms with Crippen LogP contribution in [0.4, 0.5) is 5.69 Å². The Morgan fingerprint density at radius 1 is 1.30 bits per heavy atom. The molecule has 0 saturated heterocycles. The molecule has 0 bridgehead atoms. The molecule has 1 atom stereocenters. The van der Waals surface area contributed by atoms with Crippen molar-refractivity contribution in [3.8, 4) is 0 Å². The monoisotopic (exact) mass is 302 g/mol. The molecule has 1 aliphatic carbocycles. The van der Waals surface area contributed by atoms with E-state index in [1.54, 1.807) is 6.07 Å². The van der Waals surface area contributed by atoms with Crippen molar-refractivity contribution in [2.24, 2.45) is 5.73 Å². The summed E-state index contributed by atoms with van der Waals surface area (Å²) in [4.78, 5) is 0.387. The molecule has 0 aliphatic heterocycles. The number of thiocarbonyl (C=S) groups is 1. The number of fused-ring (bicyclic) bond motifs is 1. The third-order valence-corrected chi connectivity index (χ3v) is 4.20. The van der Waals surface area contributed by atoms with Crippen LogP contribution in [-0.4, -0.2) is 11.5 Å². The molecule has 0 aromatic heterocycles. The Bertz CT molecular complexity index is 669. The van der Waals surface area contributed by atoms with Crippen LogP contribution in [0.3, 0.4) is 0 Å². The van der Waals surface area contributed by atoms with Crippen LogP contribution in [0.25, 0.3) is 0 Å². The lowest BCUT2D eigenvalue weighted by Crippen LogP contribution is -2.25. The largest absolute Gasteiger partial charge is 0.389 e. The van der Waals surface area contributed by atoms with Crippen molar-refractivity contribution in [2.45, 2.75) is 12.3 Å². The highest BCUT2D eigenvalue weighted by molar-refractivity contribution is 7.80. The molecule has 2 aromatic rings. The van der Waals surface area contributed by atoms with Gasteiger partial charge in [-0.25, -0.2) is 0 Å². The maximum Gasteiger partial charge on any atom is 0.106 e. The van der Waals surface area contributed by atoms with E-state index >= 15 is 0 Å². The van der Waals surface area contributed by atoms with E-state index in [-0.39, 0.29) is 0 Å². The van der Waals surface area contributed by atoms with Crippen molar-refractivity contribution in [1.29, 1.82) is 0 Å². The molecule has 1 unspecified atom stereocenters. The first kappa shape index (κ1) is 13.4. The van der Waals surface area contributed by atoms with E-state index in [0.29, 0.717) is 15.9 Å². The average molecular weight is 303 g/mol. The van der Waals surface area contributed by atoms with Crippen molar-refractivity contribution >= 4 is 34.5 Å². The number of rotatable bonds is 4. The third kappa shape index (κ3) is 2.51. The first-order valence-electron chi connectivity index (χ1n) is 6.56. The standard InChI is InChI=1S/C16H15ClN2S/c17-12-5-6-14(16(18)20)15(8-12)19-9-11-7-10-3-1-2-4-13(10)11/h1-6,8,11,19H,7,9H2,(H2,18,20). The van der Waals surface area contributed by atoms with Crippen LogP contribution in [-0.2, 0) is 6.42 Å². The van der Waals surface area contributed by atoms with Crippen molar-refractivity contribution in [1.82, 2.24) is 0 Å².